The molecule has 0 radical (unpaired) electrons. The molecule has 1 heterocycles. The van der Waals surface area contributed by atoms with Gasteiger partial charge in [0.25, 0.3) is 0 Å². The minimum Gasteiger partial charge on any atom is -0.461 e. The van der Waals surface area contributed by atoms with Crippen molar-refractivity contribution in [2.24, 2.45) is 22.9 Å². The Morgan fingerprint density at radius 3 is 2.84 bits per heavy atom. The number of carbonyl (C=O) groups excluding carboxylic acids is 1. The second kappa shape index (κ2) is 4.22. The quantitative estimate of drug-likeness (QED) is 0.414. The molecule has 1 N–H and O–H groups in total. The molecule has 2 aliphatic carbocycles. The third-order valence-electron chi connectivity index (χ3n) is 4.88. The van der Waals surface area contributed by atoms with Gasteiger partial charge in [0.1, 0.15) is 11.8 Å². The van der Waals surface area contributed by atoms with Gasteiger partial charge in [0.05, 0.1) is 5.92 Å². The predicted molar refractivity (Wildman–Crippen MR) is 70.9 cm³/mol. The monoisotopic (exact) mass is 261 g/mol. The maximum atomic E-state index is 11.8. The number of hydrogen-bond donors (Lipinski definition) is 1. The Labute approximate surface area is 112 Å². The van der Waals surface area contributed by atoms with E-state index in [2.05, 4.69) is 12.1 Å². The molecule has 4 atom stereocenters. The zero-order chi connectivity index (χ0) is 13.7. The number of ether oxygens (including phenoxy) is 1. The van der Waals surface area contributed by atoms with E-state index in [0.29, 0.717) is 5.71 Å². The molecule has 0 aromatic carbocycles. The summed E-state index contributed by atoms with van der Waals surface area (Å²) in [5, 5.41) is 12.6. The van der Waals surface area contributed by atoms with Crippen molar-refractivity contribution in [3.63, 3.8) is 0 Å². The fourth-order valence-corrected chi connectivity index (χ4v) is 3.80. The van der Waals surface area contributed by atoms with Gasteiger partial charge in [0, 0.05) is 11.8 Å². The van der Waals surface area contributed by atoms with Crippen molar-refractivity contribution in [1.29, 1.82) is 0 Å². The first-order valence-corrected chi connectivity index (χ1v) is 6.85. The van der Waals surface area contributed by atoms with Gasteiger partial charge in [-0.25, -0.2) is 0 Å². The van der Waals surface area contributed by atoms with Crippen molar-refractivity contribution in [3.8, 4) is 0 Å². The minimum absolute atomic E-state index is 0.0277. The zero-order valence-corrected chi connectivity index (χ0v) is 11.5. The first-order valence-electron chi connectivity index (χ1n) is 6.85. The highest BCUT2D eigenvalue weighted by Crippen LogP contribution is 2.47. The summed E-state index contributed by atoms with van der Waals surface area (Å²) in [7, 11) is 0. The van der Waals surface area contributed by atoms with E-state index in [1.165, 1.54) is 5.57 Å². The summed E-state index contributed by atoms with van der Waals surface area (Å²) in [4.78, 5) is 11.8. The largest absolute Gasteiger partial charge is 0.461 e. The third kappa shape index (κ3) is 1.66. The van der Waals surface area contributed by atoms with Crippen LogP contribution in [0, 0.1) is 17.8 Å². The van der Waals surface area contributed by atoms with Gasteiger partial charge in [-0.2, -0.15) is 0 Å². The van der Waals surface area contributed by atoms with Gasteiger partial charge in [0.15, 0.2) is 0 Å². The predicted octanol–water partition coefficient (Wildman–Crippen LogP) is 2.68. The molecule has 3 aliphatic rings. The number of nitrogens with zero attached hydrogens (tertiary/aromatic N) is 1. The lowest BCUT2D eigenvalue weighted by Crippen LogP contribution is -2.28. The van der Waals surface area contributed by atoms with Crippen LogP contribution >= 0.6 is 0 Å². The highest BCUT2D eigenvalue weighted by molar-refractivity contribution is 6.12. The van der Waals surface area contributed by atoms with Crippen molar-refractivity contribution in [2.75, 3.05) is 0 Å². The summed E-state index contributed by atoms with van der Waals surface area (Å²) in [6.07, 6.45) is 3.72. The summed E-state index contributed by atoms with van der Waals surface area (Å²) in [6, 6.07) is 0. The highest BCUT2D eigenvalue weighted by Gasteiger charge is 2.50. The van der Waals surface area contributed by atoms with Crippen molar-refractivity contribution in [3.05, 3.63) is 22.8 Å². The molecule has 0 aromatic heterocycles. The summed E-state index contributed by atoms with van der Waals surface area (Å²) >= 11 is 0. The Morgan fingerprint density at radius 1 is 1.42 bits per heavy atom. The van der Waals surface area contributed by atoms with Gasteiger partial charge in [-0.15, -0.1) is 0 Å². The van der Waals surface area contributed by atoms with Crippen LogP contribution < -0.4 is 0 Å². The van der Waals surface area contributed by atoms with Crippen LogP contribution in [0.1, 0.15) is 33.6 Å². The van der Waals surface area contributed by atoms with E-state index in [0.717, 1.165) is 24.0 Å². The Bertz CT molecular complexity index is 530. The van der Waals surface area contributed by atoms with Crippen LogP contribution in [0.5, 0.6) is 0 Å². The standard InChI is InChI=1S/C15H19NO3/c1-7-4-5-10-9(3)15(17)19-14(10)13-8(2)6-11(16-18)12(7)13/h6,9-10,13-14,18H,4-5H2,1-3H3/b16-11-/t9-,10+,13+,14+/m0/s1. The number of allylic oxidation sites excluding steroid dienone is 2. The van der Waals surface area contributed by atoms with E-state index in [9.17, 15) is 10.0 Å². The number of esters is 1. The lowest BCUT2D eigenvalue weighted by atomic mass is 9.81. The van der Waals surface area contributed by atoms with Crippen LogP contribution in [0.4, 0.5) is 0 Å². The molecular formula is C15H19NO3. The lowest BCUT2D eigenvalue weighted by Gasteiger charge is -2.24. The van der Waals surface area contributed by atoms with E-state index in [4.69, 9.17) is 4.74 Å². The van der Waals surface area contributed by atoms with Gasteiger partial charge in [-0.05, 0) is 38.3 Å². The maximum Gasteiger partial charge on any atom is 0.309 e. The molecular weight excluding hydrogens is 242 g/mol. The molecule has 1 saturated heterocycles. The Balaban J connectivity index is 2.08. The van der Waals surface area contributed by atoms with Crippen LogP contribution in [0.2, 0.25) is 0 Å². The molecule has 1 aliphatic heterocycles. The van der Waals surface area contributed by atoms with Crippen molar-refractivity contribution >= 4 is 11.7 Å². The SMILES string of the molecule is CC1=C/C(=N/O)C2=C(C)CC[C@H]3[C@@H](OC(=O)[C@H]3C)[C@H]12. The van der Waals surface area contributed by atoms with Crippen molar-refractivity contribution in [1.82, 2.24) is 0 Å². The van der Waals surface area contributed by atoms with Crippen molar-refractivity contribution in [2.45, 2.75) is 39.7 Å². The topological polar surface area (TPSA) is 58.9 Å². The van der Waals surface area contributed by atoms with Crippen LogP contribution in [0.25, 0.3) is 0 Å². The molecule has 0 bridgehead atoms. The number of rotatable bonds is 0. The molecule has 0 unspecified atom stereocenters. The summed E-state index contributed by atoms with van der Waals surface area (Å²) < 4.78 is 5.63. The van der Waals surface area contributed by atoms with Gasteiger partial charge < -0.3 is 9.94 Å². The Morgan fingerprint density at radius 2 is 2.16 bits per heavy atom. The van der Waals surface area contributed by atoms with Gasteiger partial charge in [-0.3, -0.25) is 4.79 Å². The molecule has 3 rings (SSSR count). The highest BCUT2D eigenvalue weighted by atomic mass is 16.6. The summed E-state index contributed by atoms with van der Waals surface area (Å²) in [6.45, 7) is 6.07. The second-order valence-corrected chi connectivity index (χ2v) is 5.94. The molecule has 102 valence electrons. The fraction of sp³-hybridized carbons (Fsp3) is 0.600. The van der Waals surface area contributed by atoms with E-state index in [-0.39, 0.29) is 29.8 Å². The van der Waals surface area contributed by atoms with Gasteiger partial charge in [0.2, 0.25) is 0 Å². The number of oxime groups is 1. The normalized spacial score (nSPS) is 39.8. The average molecular weight is 261 g/mol. The first kappa shape index (κ1) is 12.5. The molecule has 0 spiro atoms. The van der Waals surface area contributed by atoms with Crippen molar-refractivity contribution < 1.29 is 14.7 Å². The lowest BCUT2D eigenvalue weighted by molar-refractivity contribution is -0.144. The minimum atomic E-state index is -0.0922. The maximum absolute atomic E-state index is 11.8. The zero-order valence-electron chi connectivity index (χ0n) is 11.5. The summed E-state index contributed by atoms with van der Waals surface area (Å²) in [5.74, 6) is 0.231. The molecule has 4 heteroatoms. The molecule has 1 fully saturated rings. The average Bonchev–Trinajstić information content (AvgIpc) is 2.80. The van der Waals surface area contributed by atoms with Crippen LogP contribution in [-0.4, -0.2) is 23.0 Å². The number of carbonyl (C=O) groups is 1. The third-order valence-corrected chi connectivity index (χ3v) is 4.88. The van der Waals surface area contributed by atoms with E-state index in [1.54, 1.807) is 0 Å². The molecule has 19 heavy (non-hydrogen) atoms. The second-order valence-electron chi connectivity index (χ2n) is 5.94. The fourth-order valence-electron chi connectivity index (χ4n) is 3.80. The van der Waals surface area contributed by atoms with E-state index >= 15 is 0 Å². The Hall–Kier alpha value is -1.58. The molecule has 0 saturated carbocycles. The number of hydrogen-bond acceptors (Lipinski definition) is 4. The number of fused-ring (bicyclic) bond motifs is 3. The van der Waals surface area contributed by atoms with Gasteiger partial charge >= 0.3 is 5.97 Å². The molecule has 0 amide bonds. The van der Waals surface area contributed by atoms with Crippen LogP contribution in [0.15, 0.2) is 28.0 Å². The molecule has 0 aromatic rings. The molecule has 4 nitrogen and oxygen atoms in total. The smallest absolute Gasteiger partial charge is 0.309 e. The first-order chi connectivity index (χ1) is 9.04. The van der Waals surface area contributed by atoms with E-state index in [1.807, 2.05) is 19.9 Å². The van der Waals surface area contributed by atoms with E-state index < -0.39 is 0 Å². The van der Waals surface area contributed by atoms with Crippen LogP contribution in [0.3, 0.4) is 0 Å². The van der Waals surface area contributed by atoms with Crippen LogP contribution in [-0.2, 0) is 9.53 Å². The summed E-state index contributed by atoms with van der Waals surface area (Å²) in [5.41, 5.74) is 4.08. The Kier molecular flexibility index (Phi) is 2.77. The van der Waals surface area contributed by atoms with Gasteiger partial charge in [-0.1, -0.05) is 23.2 Å².